The van der Waals surface area contributed by atoms with Crippen LogP contribution >= 0.6 is 11.6 Å². The van der Waals surface area contributed by atoms with Crippen molar-refractivity contribution in [1.29, 1.82) is 0 Å². The van der Waals surface area contributed by atoms with Crippen LogP contribution in [-0.2, 0) is 0 Å². The van der Waals surface area contributed by atoms with Crippen LogP contribution < -0.4 is 5.73 Å². The van der Waals surface area contributed by atoms with Gasteiger partial charge in [-0.3, -0.25) is 5.10 Å². The van der Waals surface area contributed by atoms with E-state index in [4.69, 9.17) is 17.3 Å². The number of hydrogen-bond acceptors (Lipinski definition) is 2. The van der Waals surface area contributed by atoms with Crippen LogP contribution in [0.25, 0.3) is 11.3 Å². The van der Waals surface area contributed by atoms with E-state index in [1.54, 1.807) is 0 Å². The molecule has 0 aliphatic rings. The maximum absolute atomic E-state index is 6.06. The molecule has 78 valence electrons. The number of nitrogens with two attached hydrogens (primary N) is 1. The fraction of sp³-hybridized carbons (Fsp3) is 0.182. The maximum Gasteiger partial charge on any atom is 0.148 e. The third-order valence-electron chi connectivity index (χ3n) is 2.51. The summed E-state index contributed by atoms with van der Waals surface area (Å²) in [6.07, 6.45) is 0. The molecule has 0 fully saturated rings. The zero-order valence-corrected chi connectivity index (χ0v) is 9.39. The molecule has 0 radical (unpaired) electrons. The second-order valence-corrected chi connectivity index (χ2v) is 3.98. The summed E-state index contributed by atoms with van der Waals surface area (Å²) in [6.45, 7) is 3.90. The van der Waals surface area contributed by atoms with E-state index in [1.807, 2.05) is 32.0 Å². The molecule has 0 saturated heterocycles. The molecule has 0 atom stereocenters. The summed E-state index contributed by atoms with van der Waals surface area (Å²) in [5, 5.41) is 7.61. The van der Waals surface area contributed by atoms with Gasteiger partial charge in [-0.1, -0.05) is 23.7 Å². The highest BCUT2D eigenvalue weighted by Gasteiger charge is 2.08. The highest BCUT2D eigenvalue weighted by atomic mass is 35.5. The van der Waals surface area contributed by atoms with Crippen molar-refractivity contribution >= 4 is 17.4 Å². The number of anilines is 1. The van der Waals surface area contributed by atoms with E-state index >= 15 is 0 Å². The van der Waals surface area contributed by atoms with E-state index in [9.17, 15) is 0 Å². The molecule has 0 amide bonds. The first-order chi connectivity index (χ1) is 7.09. The molecule has 2 aromatic rings. The van der Waals surface area contributed by atoms with Gasteiger partial charge in [-0.25, -0.2) is 0 Å². The van der Waals surface area contributed by atoms with Gasteiger partial charge >= 0.3 is 0 Å². The van der Waals surface area contributed by atoms with Crippen molar-refractivity contribution in [2.45, 2.75) is 13.8 Å². The Morgan fingerprint density at radius 3 is 2.60 bits per heavy atom. The van der Waals surface area contributed by atoms with Crippen molar-refractivity contribution in [3.05, 3.63) is 34.3 Å². The molecule has 0 spiro atoms. The number of aromatic nitrogens is 2. The van der Waals surface area contributed by atoms with Crippen LogP contribution in [0.1, 0.15) is 11.1 Å². The lowest BCUT2D eigenvalue weighted by molar-refractivity contribution is 1.10. The molecule has 3 N–H and O–H groups in total. The summed E-state index contributed by atoms with van der Waals surface area (Å²) in [6, 6.07) is 5.89. The van der Waals surface area contributed by atoms with Crippen molar-refractivity contribution in [3.63, 3.8) is 0 Å². The number of benzene rings is 1. The van der Waals surface area contributed by atoms with Crippen LogP contribution in [0.2, 0.25) is 5.02 Å². The number of halogens is 1. The summed E-state index contributed by atoms with van der Waals surface area (Å²) in [5.41, 5.74) is 9.62. The lowest BCUT2D eigenvalue weighted by Gasteiger charge is -2.02. The third kappa shape index (κ3) is 1.70. The zero-order valence-electron chi connectivity index (χ0n) is 8.63. The highest BCUT2D eigenvalue weighted by Crippen LogP contribution is 2.27. The van der Waals surface area contributed by atoms with E-state index in [2.05, 4.69) is 10.2 Å². The first-order valence-electron chi connectivity index (χ1n) is 4.66. The number of nitrogens with zero attached hydrogens (tertiary/aromatic N) is 1. The van der Waals surface area contributed by atoms with E-state index in [0.717, 1.165) is 27.4 Å². The number of H-pyrrole nitrogens is 1. The number of aryl methyl sites for hydroxylation is 1. The standard InChI is InChI=1S/C11H12ClN3/c1-6-3-4-8(5-9(6)12)10-7(2)11(13)15-14-10/h3-5H,1-2H3,(H3,13,14,15). The van der Waals surface area contributed by atoms with E-state index in [-0.39, 0.29) is 0 Å². The molecular formula is C11H12ClN3. The summed E-state index contributed by atoms with van der Waals surface area (Å²) < 4.78 is 0. The smallest absolute Gasteiger partial charge is 0.148 e. The van der Waals surface area contributed by atoms with Gasteiger partial charge in [-0.2, -0.15) is 5.10 Å². The molecule has 1 aromatic heterocycles. The molecule has 3 nitrogen and oxygen atoms in total. The van der Waals surface area contributed by atoms with Crippen molar-refractivity contribution in [1.82, 2.24) is 10.2 Å². The van der Waals surface area contributed by atoms with Crippen LogP contribution in [0.4, 0.5) is 5.82 Å². The van der Waals surface area contributed by atoms with Crippen LogP contribution in [0.5, 0.6) is 0 Å². The molecule has 0 aliphatic heterocycles. The average Bonchev–Trinajstić information content (AvgIpc) is 2.53. The number of hydrogen-bond donors (Lipinski definition) is 2. The Balaban J connectivity index is 2.55. The summed E-state index contributed by atoms with van der Waals surface area (Å²) in [4.78, 5) is 0. The van der Waals surface area contributed by atoms with Gasteiger partial charge in [0.1, 0.15) is 5.82 Å². The molecule has 1 aromatic carbocycles. The van der Waals surface area contributed by atoms with Gasteiger partial charge in [0.25, 0.3) is 0 Å². The van der Waals surface area contributed by atoms with Gasteiger partial charge in [0.2, 0.25) is 0 Å². The van der Waals surface area contributed by atoms with Crippen molar-refractivity contribution in [2.24, 2.45) is 0 Å². The molecule has 0 saturated carbocycles. The SMILES string of the molecule is Cc1ccc(-c2[nH]nc(N)c2C)cc1Cl. The minimum absolute atomic E-state index is 0.529. The average molecular weight is 222 g/mol. The monoisotopic (exact) mass is 221 g/mol. The van der Waals surface area contributed by atoms with Gasteiger partial charge in [-0.05, 0) is 25.5 Å². The minimum atomic E-state index is 0.529. The van der Waals surface area contributed by atoms with Gasteiger partial charge in [0.05, 0.1) is 5.69 Å². The highest BCUT2D eigenvalue weighted by molar-refractivity contribution is 6.31. The fourth-order valence-corrected chi connectivity index (χ4v) is 1.62. The van der Waals surface area contributed by atoms with Gasteiger partial charge < -0.3 is 5.73 Å². The Bertz CT molecular complexity index is 503. The second-order valence-electron chi connectivity index (χ2n) is 3.57. The van der Waals surface area contributed by atoms with Crippen molar-refractivity contribution < 1.29 is 0 Å². The summed E-state index contributed by atoms with van der Waals surface area (Å²) >= 11 is 6.06. The Labute approximate surface area is 93.3 Å². The van der Waals surface area contributed by atoms with E-state index in [1.165, 1.54) is 0 Å². The zero-order chi connectivity index (χ0) is 11.0. The number of nitrogens with one attached hydrogen (secondary N) is 1. The fourth-order valence-electron chi connectivity index (χ4n) is 1.44. The van der Waals surface area contributed by atoms with Crippen molar-refractivity contribution in [3.8, 4) is 11.3 Å². The molecule has 2 rings (SSSR count). The molecule has 4 heteroatoms. The Morgan fingerprint density at radius 2 is 2.07 bits per heavy atom. The molecule has 0 bridgehead atoms. The Kier molecular flexibility index (Phi) is 2.40. The molecule has 0 aliphatic carbocycles. The predicted molar refractivity (Wildman–Crippen MR) is 62.9 cm³/mol. The minimum Gasteiger partial charge on any atom is -0.382 e. The Hall–Kier alpha value is -1.48. The molecular weight excluding hydrogens is 210 g/mol. The molecule has 15 heavy (non-hydrogen) atoms. The second kappa shape index (κ2) is 3.59. The lowest BCUT2D eigenvalue weighted by Crippen LogP contribution is -1.86. The quantitative estimate of drug-likeness (QED) is 0.778. The summed E-state index contributed by atoms with van der Waals surface area (Å²) in [5.74, 6) is 0.529. The van der Waals surface area contributed by atoms with Gasteiger partial charge in [0, 0.05) is 16.1 Å². The predicted octanol–water partition coefficient (Wildman–Crippen LogP) is 2.93. The first kappa shape index (κ1) is 10.1. The third-order valence-corrected chi connectivity index (χ3v) is 2.92. The van der Waals surface area contributed by atoms with E-state index < -0.39 is 0 Å². The number of aromatic amines is 1. The number of nitrogen functional groups attached to an aromatic ring is 1. The van der Waals surface area contributed by atoms with Crippen LogP contribution in [-0.4, -0.2) is 10.2 Å². The Morgan fingerprint density at radius 1 is 1.33 bits per heavy atom. The lowest BCUT2D eigenvalue weighted by atomic mass is 10.1. The van der Waals surface area contributed by atoms with Crippen LogP contribution in [0.3, 0.4) is 0 Å². The normalized spacial score (nSPS) is 10.6. The largest absolute Gasteiger partial charge is 0.382 e. The topological polar surface area (TPSA) is 54.7 Å². The molecule has 1 heterocycles. The van der Waals surface area contributed by atoms with Gasteiger partial charge in [-0.15, -0.1) is 0 Å². The molecule has 0 unspecified atom stereocenters. The van der Waals surface area contributed by atoms with E-state index in [0.29, 0.717) is 5.82 Å². The van der Waals surface area contributed by atoms with Gasteiger partial charge in [0.15, 0.2) is 0 Å². The number of rotatable bonds is 1. The maximum atomic E-state index is 6.06. The first-order valence-corrected chi connectivity index (χ1v) is 5.04. The van der Waals surface area contributed by atoms with Crippen LogP contribution in [0.15, 0.2) is 18.2 Å². The van der Waals surface area contributed by atoms with Crippen molar-refractivity contribution in [2.75, 3.05) is 5.73 Å². The summed E-state index contributed by atoms with van der Waals surface area (Å²) in [7, 11) is 0. The van der Waals surface area contributed by atoms with Crippen LogP contribution in [0, 0.1) is 13.8 Å².